The lowest BCUT2D eigenvalue weighted by Crippen LogP contribution is -2.32. The van der Waals surface area contributed by atoms with Crippen LogP contribution in [0.3, 0.4) is 0 Å². The quantitative estimate of drug-likeness (QED) is 0.0541. The van der Waals surface area contributed by atoms with E-state index < -0.39 is 27.9 Å². The maximum Gasteiger partial charge on any atom is 0.333 e. The summed E-state index contributed by atoms with van der Waals surface area (Å²) in [5.74, 6) is -1.83. The fourth-order valence-electron chi connectivity index (χ4n) is 10.5. The van der Waals surface area contributed by atoms with Gasteiger partial charge in [-0.15, -0.1) is 5.06 Å². The highest BCUT2D eigenvalue weighted by Crippen LogP contribution is 2.51. The van der Waals surface area contributed by atoms with Crippen molar-refractivity contribution in [3.05, 3.63) is 111 Å². The van der Waals surface area contributed by atoms with Gasteiger partial charge >= 0.3 is 5.97 Å². The SMILES string of the molecule is CCCN(CCC)c1ccc2c(c1)C(C)(C)C(/C=C/C1=C(Cl)C(=C/C=C3/N(CCCCCC(=O)ON4C(=O)CCC4=O)c4ccc5cc(C)ccc5c4C3(C)C)/CCC1)=[N+]2CCCS(=O)(=O)O. The van der Waals surface area contributed by atoms with E-state index in [0.29, 0.717) is 18.0 Å². The van der Waals surface area contributed by atoms with Gasteiger partial charge in [0.1, 0.15) is 6.54 Å². The zero-order chi connectivity index (χ0) is 48.3. The van der Waals surface area contributed by atoms with Crippen molar-refractivity contribution < 1.29 is 36.8 Å². The molecule has 7 rings (SSSR count). The molecule has 1 fully saturated rings. The minimum atomic E-state index is -4.11. The molecule has 1 N–H and O–H groups in total. The topological polar surface area (TPSA) is 128 Å². The molecule has 0 unspecified atom stereocenters. The smallest absolute Gasteiger partial charge is 0.333 e. The number of amides is 2. The van der Waals surface area contributed by atoms with Crippen molar-refractivity contribution in [3.63, 3.8) is 0 Å². The molecule has 2 amide bonds. The lowest BCUT2D eigenvalue weighted by Gasteiger charge is -2.27. The number of imide groups is 1. The van der Waals surface area contributed by atoms with Crippen LogP contribution in [0.2, 0.25) is 0 Å². The van der Waals surface area contributed by atoms with E-state index >= 15 is 0 Å². The number of fused-ring (bicyclic) bond motifs is 4. The Bertz CT molecular complexity index is 2690. The molecular weight excluding hydrogens is 884 g/mol. The van der Waals surface area contributed by atoms with Crippen LogP contribution in [-0.2, 0) is 40.2 Å². The number of carbonyl (C=O) groups excluding carboxylic acids is 3. The number of hydrogen-bond donors (Lipinski definition) is 1. The van der Waals surface area contributed by atoms with Gasteiger partial charge < -0.3 is 14.6 Å². The Morgan fingerprint density at radius 2 is 1.61 bits per heavy atom. The Morgan fingerprint density at radius 3 is 2.31 bits per heavy atom. The van der Waals surface area contributed by atoms with Gasteiger partial charge in [0, 0.05) is 90.5 Å². The lowest BCUT2D eigenvalue weighted by atomic mass is 9.80. The first kappa shape index (κ1) is 49.9. The highest BCUT2D eigenvalue weighted by atomic mass is 35.5. The number of anilines is 2. The van der Waals surface area contributed by atoms with Gasteiger partial charge in [0.25, 0.3) is 21.9 Å². The highest BCUT2D eigenvalue weighted by molar-refractivity contribution is 7.85. The summed E-state index contributed by atoms with van der Waals surface area (Å²) in [7, 11) is -4.11. The minimum Gasteiger partial charge on any atom is -0.372 e. The Labute approximate surface area is 402 Å². The summed E-state index contributed by atoms with van der Waals surface area (Å²) in [5.41, 5.74) is 10.7. The van der Waals surface area contributed by atoms with Crippen LogP contribution in [0.1, 0.15) is 135 Å². The zero-order valence-corrected chi connectivity index (χ0v) is 42.0. The van der Waals surface area contributed by atoms with Crippen LogP contribution >= 0.6 is 11.6 Å². The number of aryl methyl sites for hydroxylation is 1. The third-order valence-corrected chi connectivity index (χ3v) is 15.1. The van der Waals surface area contributed by atoms with Crippen molar-refractivity contribution in [3.8, 4) is 0 Å². The third-order valence-electron chi connectivity index (χ3n) is 13.8. The van der Waals surface area contributed by atoms with Crippen LogP contribution < -0.4 is 9.80 Å². The predicted molar refractivity (Wildman–Crippen MR) is 270 cm³/mol. The third kappa shape index (κ3) is 10.8. The lowest BCUT2D eigenvalue weighted by molar-refractivity contribution is -0.437. The fraction of sp³-hybridized carbons (Fsp3) is 0.481. The Balaban J connectivity index is 1.17. The molecule has 0 bridgehead atoms. The molecule has 67 heavy (non-hydrogen) atoms. The molecule has 1 saturated heterocycles. The number of hydroxylamine groups is 2. The zero-order valence-electron chi connectivity index (χ0n) is 40.4. The van der Waals surface area contributed by atoms with Gasteiger partial charge in [-0.2, -0.15) is 13.0 Å². The van der Waals surface area contributed by atoms with Crippen LogP contribution in [0.4, 0.5) is 17.1 Å². The molecule has 0 aromatic heterocycles. The van der Waals surface area contributed by atoms with E-state index in [1.807, 2.05) is 0 Å². The summed E-state index contributed by atoms with van der Waals surface area (Å²) in [5, 5.41) is 3.78. The van der Waals surface area contributed by atoms with Crippen molar-refractivity contribution in [2.45, 2.75) is 136 Å². The number of unbranched alkanes of at least 4 members (excludes halogenated alkanes) is 2. The van der Waals surface area contributed by atoms with Gasteiger partial charge in [-0.1, -0.05) is 87.7 Å². The van der Waals surface area contributed by atoms with Crippen LogP contribution in [0.25, 0.3) is 10.8 Å². The van der Waals surface area contributed by atoms with Crippen LogP contribution in [0, 0.1) is 6.92 Å². The second kappa shape index (κ2) is 20.7. The van der Waals surface area contributed by atoms with Crippen LogP contribution in [0.15, 0.2) is 94.7 Å². The molecule has 3 aliphatic heterocycles. The molecule has 4 aliphatic rings. The van der Waals surface area contributed by atoms with E-state index in [1.165, 1.54) is 38.8 Å². The molecule has 0 atom stereocenters. The molecule has 358 valence electrons. The Hall–Kier alpha value is -5.04. The molecule has 13 heteroatoms. The van der Waals surface area contributed by atoms with Crippen molar-refractivity contribution in [1.29, 1.82) is 0 Å². The summed E-state index contributed by atoms with van der Waals surface area (Å²) in [6.45, 7) is 18.6. The first-order valence-corrected chi connectivity index (χ1v) is 26.2. The van der Waals surface area contributed by atoms with Gasteiger partial charge in [0.05, 0.1) is 11.2 Å². The van der Waals surface area contributed by atoms with Crippen LogP contribution in [0.5, 0.6) is 0 Å². The second-order valence-corrected chi connectivity index (χ2v) is 21.5. The molecule has 3 aromatic carbocycles. The minimum absolute atomic E-state index is 0.0683. The predicted octanol–water partition coefficient (Wildman–Crippen LogP) is 11.4. The van der Waals surface area contributed by atoms with Crippen molar-refractivity contribution >= 4 is 73.0 Å². The molecule has 3 aromatic rings. The van der Waals surface area contributed by atoms with Gasteiger partial charge in [-0.05, 0) is 117 Å². The van der Waals surface area contributed by atoms with E-state index in [9.17, 15) is 27.4 Å². The van der Waals surface area contributed by atoms with Crippen molar-refractivity contribution in [1.82, 2.24) is 5.06 Å². The summed E-state index contributed by atoms with van der Waals surface area (Å²) >= 11 is 7.38. The first-order chi connectivity index (χ1) is 31.8. The number of halogens is 1. The summed E-state index contributed by atoms with van der Waals surface area (Å²) in [6.07, 6.45) is 16.1. The molecule has 11 nitrogen and oxygen atoms in total. The average molecular weight is 953 g/mol. The number of allylic oxidation sites excluding steroid dienone is 8. The standard InChI is InChI=1S/C54H67ClN4O7S/c1-8-30-56(31-9-2)41-22-25-44-43(36-41)53(4,5)46(57(44)33-14-34-67(63,64)65)26-20-38-15-13-16-39(52(38)55)21-27-47-54(6,7)51-42-23-18-37(3)35-40(42)19-24-45(51)58(47)32-12-10-11-17-50(62)66-59-48(60)28-29-49(59)61/h18-27,35-36H,8-17,28-34H2,1-7H3/p+1. The largest absolute Gasteiger partial charge is 0.372 e. The first-order valence-electron chi connectivity index (χ1n) is 24.2. The fourth-order valence-corrected chi connectivity index (χ4v) is 11.3. The van der Waals surface area contributed by atoms with Crippen molar-refractivity contribution in [2.75, 3.05) is 41.7 Å². The van der Waals surface area contributed by atoms with Gasteiger partial charge in [0.15, 0.2) is 5.71 Å². The van der Waals surface area contributed by atoms with E-state index in [-0.39, 0.29) is 42.3 Å². The monoisotopic (exact) mass is 951 g/mol. The van der Waals surface area contributed by atoms with E-state index in [0.717, 1.165) is 97.9 Å². The highest BCUT2D eigenvalue weighted by Gasteiger charge is 2.45. The molecular formula is C54H68ClN4O7S+. The number of nitrogens with zero attached hydrogens (tertiary/aromatic N) is 4. The second-order valence-electron chi connectivity index (χ2n) is 19.6. The molecule has 1 aliphatic carbocycles. The van der Waals surface area contributed by atoms with Crippen molar-refractivity contribution in [2.24, 2.45) is 0 Å². The van der Waals surface area contributed by atoms with E-state index in [1.54, 1.807) is 0 Å². The Kier molecular flexibility index (Phi) is 15.4. The summed E-state index contributed by atoms with van der Waals surface area (Å²) in [4.78, 5) is 46.4. The number of hydrogen-bond acceptors (Lipinski definition) is 8. The summed E-state index contributed by atoms with van der Waals surface area (Å²) in [6, 6.07) is 17.7. The van der Waals surface area contributed by atoms with Crippen LogP contribution in [-0.4, -0.2) is 78.0 Å². The maximum absolute atomic E-state index is 12.5. The molecule has 3 heterocycles. The number of rotatable bonds is 19. The number of carbonyl (C=O) groups is 3. The Morgan fingerprint density at radius 1 is 0.881 bits per heavy atom. The van der Waals surface area contributed by atoms with Gasteiger partial charge in [-0.25, -0.2) is 4.79 Å². The maximum atomic E-state index is 12.5. The average Bonchev–Trinajstić information content (AvgIpc) is 3.79. The van der Waals surface area contributed by atoms with Gasteiger partial charge in [-0.3, -0.25) is 14.1 Å². The molecule has 0 spiro atoms. The van der Waals surface area contributed by atoms with E-state index in [4.69, 9.17) is 16.4 Å². The number of benzene rings is 3. The van der Waals surface area contributed by atoms with E-state index in [2.05, 4.69) is 136 Å². The molecule has 0 radical (unpaired) electrons. The van der Waals surface area contributed by atoms with Gasteiger partial charge in [0.2, 0.25) is 5.69 Å². The normalized spacial score (nSPS) is 19.2. The molecule has 0 saturated carbocycles. The summed E-state index contributed by atoms with van der Waals surface area (Å²) < 4.78 is 35.5.